The van der Waals surface area contributed by atoms with Crippen LogP contribution < -0.4 is 5.73 Å². The minimum absolute atomic E-state index is 0.777. The summed E-state index contributed by atoms with van der Waals surface area (Å²) in [5.74, 6) is 1.11. The molecule has 0 saturated heterocycles. The minimum atomic E-state index is 0.777. The van der Waals surface area contributed by atoms with E-state index in [9.17, 15) is 0 Å². The number of aryl methyl sites for hydroxylation is 1. The smallest absolute Gasteiger partial charge is 0.196 e. The standard InChI is InChI=1S/C13H15BrN4S/c14-9-5-6-10(15)11(8-9)19-13-17-16-12-4-2-1-3-7-18(12)13/h5-6,8H,1-4,7,15H2. The Morgan fingerprint density at radius 2 is 2.11 bits per heavy atom. The Kier molecular flexibility index (Phi) is 3.79. The molecule has 0 aliphatic carbocycles. The van der Waals surface area contributed by atoms with Crippen molar-refractivity contribution in [1.82, 2.24) is 14.8 Å². The maximum Gasteiger partial charge on any atom is 0.196 e. The molecular formula is C13H15BrN4S. The van der Waals surface area contributed by atoms with Crippen LogP contribution in [0, 0.1) is 0 Å². The first-order valence-electron chi connectivity index (χ1n) is 6.39. The quantitative estimate of drug-likeness (QED) is 0.851. The molecule has 0 atom stereocenters. The zero-order chi connectivity index (χ0) is 13.2. The number of hydrogen-bond acceptors (Lipinski definition) is 4. The maximum absolute atomic E-state index is 6.01. The summed E-state index contributed by atoms with van der Waals surface area (Å²) in [7, 11) is 0. The highest BCUT2D eigenvalue weighted by atomic mass is 79.9. The van der Waals surface area contributed by atoms with Crippen LogP contribution in [-0.4, -0.2) is 14.8 Å². The van der Waals surface area contributed by atoms with Gasteiger partial charge in [0.05, 0.1) is 0 Å². The third kappa shape index (κ3) is 2.79. The predicted octanol–water partition coefficient (Wildman–Crippen LogP) is 3.50. The van der Waals surface area contributed by atoms with Crippen molar-refractivity contribution < 1.29 is 0 Å². The Morgan fingerprint density at radius 3 is 3.00 bits per heavy atom. The molecule has 2 N–H and O–H groups in total. The summed E-state index contributed by atoms with van der Waals surface area (Å²) in [5.41, 5.74) is 6.79. The van der Waals surface area contributed by atoms with Crippen molar-refractivity contribution in [2.75, 3.05) is 5.73 Å². The van der Waals surface area contributed by atoms with Gasteiger partial charge >= 0.3 is 0 Å². The summed E-state index contributed by atoms with van der Waals surface area (Å²) in [6, 6.07) is 5.88. The molecule has 0 unspecified atom stereocenters. The monoisotopic (exact) mass is 338 g/mol. The van der Waals surface area contributed by atoms with Crippen LogP contribution in [0.4, 0.5) is 5.69 Å². The van der Waals surface area contributed by atoms with Crippen molar-refractivity contribution in [2.24, 2.45) is 0 Å². The molecule has 2 heterocycles. The summed E-state index contributed by atoms with van der Waals surface area (Å²) < 4.78 is 3.26. The van der Waals surface area contributed by atoms with Crippen LogP contribution in [-0.2, 0) is 13.0 Å². The lowest BCUT2D eigenvalue weighted by Gasteiger charge is -2.08. The lowest BCUT2D eigenvalue weighted by Crippen LogP contribution is -2.02. The van der Waals surface area contributed by atoms with E-state index in [-0.39, 0.29) is 0 Å². The maximum atomic E-state index is 6.01. The number of anilines is 1. The van der Waals surface area contributed by atoms with E-state index < -0.39 is 0 Å². The SMILES string of the molecule is Nc1ccc(Br)cc1Sc1nnc2n1CCCCC2. The van der Waals surface area contributed by atoms with Gasteiger partial charge in [0.1, 0.15) is 5.82 Å². The highest BCUT2D eigenvalue weighted by Gasteiger charge is 2.16. The molecule has 0 amide bonds. The van der Waals surface area contributed by atoms with Gasteiger partial charge in [-0.05, 0) is 42.8 Å². The van der Waals surface area contributed by atoms with Crippen molar-refractivity contribution in [2.45, 2.75) is 42.3 Å². The van der Waals surface area contributed by atoms with Gasteiger partial charge < -0.3 is 10.3 Å². The summed E-state index contributed by atoms with van der Waals surface area (Å²) in [5, 5.41) is 9.56. The second-order valence-corrected chi connectivity index (χ2v) is 6.57. The molecule has 0 spiro atoms. The molecule has 3 rings (SSSR count). The van der Waals surface area contributed by atoms with Crippen LogP contribution >= 0.6 is 27.7 Å². The number of nitrogens with two attached hydrogens (primary N) is 1. The van der Waals surface area contributed by atoms with Crippen LogP contribution in [0.3, 0.4) is 0 Å². The molecule has 1 aromatic carbocycles. The molecule has 2 aromatic rings. The predicted molar refractivity (Wildman–Crippen MR) is 80.3 cm³/mol. The van der Waals surface area contributed by atoms with Gasteiger partial charge in [-0.1, -0.05) is 22.4 Å². The van der Waals surface area contributed by atoms with Crippen LogP contribution in [0.1, 0.15) is 25.1 Å². The van der Waals surface area contributed by atoms with Crippen LogP contribution in [0.5, 0.6) is 0 Å². The van der Waals surface area contributed by atoms with E-state index in [1.54, 1.807) is 11.8 Å². The van der Waals surface area contributed by atoms with E-state index in [2.05, 4.69) is 30.7 Å². The lowest BCUT2D eigenvalue weighted by atomic mass is 10.2. The van der Waals surface area contributed by atoms with Gasteiger partial charge in [0, 0.05) is 28.0 Å². The average molecular weight is 339 g/mol. The molecule has 0 bridgehead atoms. The second-order valence-electron chi connectivity index (χ2n) is 4.65. The first-order chi connectivity index (χ1) is 9.24. The van der Waals surface area contributed by atoms with Crippen molar-refractivity contribution >= 4 is 33.4 Å². The molecule has 19 heavy (non-hydrogen) atoms. The molecule has 0 fully saturated rings. The van der Waals surface area contributed by atoms with Gasteiger partial charge in [0.15, 0.2) is 5.16 Å². The first-order valence-corrected chi connectivity index (χ1v) is 8.00. The van der Waals surface area contributed by atoms with Gasteiger partial charge in [0.2, 0.25) is 0 Å². The summed E-state index contributed by atoms with van der Waals surface area (Å²) >= 11 is 5.07. The highest BCUT2D eigenvalue weighted by Crippen LogP contribution is 2.34. The fraction of sp³-hybridized carbons (Fsp3) is 0.385. The Labute approximate surface area is 124 Å². The van der Waals surface area contributed by atoms with E-state index in [1.807, 2.05) is 18.2 Å². The fourth-order valence-corrected chi connectivity index (χ4v) is 3.70. The van der Waals surface area contributed by atoms with E-state index in [0.717, 1.165) is 39.0 Å². The Morgan fingerprint density at radius 1 is 1.21 bits per heavy atom. The van der Waals surface area contributed by atoms with Crippen molar-refractivity contribution in [3.05, 3.63) is 28.5 Å². The van der Waals surface area contributed by atoms with Gasteiger partial charge in [0.25, 0.3) is 0 Å². The number of benzene rings is 1. The molecular weight excluding hydrogens is 324 g/mol. The first kappa shape index (κ1) is 13.0. The Balaban J connectivity index is 1.91. The zero-order valence-corrected chi connectivity index (χ0v) is 12.9. The van der Waals surface area contributed by atoms with Gasteiger partial charge in [-0.3, -0.25) is 0 Å². The normalized spacial score (nSPS) is 15.0. The minimum Gasteiger partial charge on any atom is -0.398 e. The molecule has 0 saturated carbocycles. The third-order valence-corrected chi connectivity index (χ3v) is 4.80. The van der Waals surface area contributed by atoms with Crippen molar-refractivity contribution in [3.8, 4) is 0 Å². The van der Waals surface area contributed by atoms with Crippen molar-refractivity contribution in [1.29, 1.82) is 0 Å². The van der Waals surface area contributed by atoms with E-state index in [1.165, 1.54) is 19.3 Å². The number of aromatic nitrogens is 3. The molecule has 0 radical (unpaired) electrons. The molecule has 4 nitrogen and oxygen atoms in total. The molecule has 1 aliphatic rings. The Hall–Kier alpha value is -1.01. The second kappa shape index (κ2) is 5.54. The van der Waals surface area contributed by atoms with Crippen LogP contribution in [0.25, 0.3) is 0 Å². The van der Waals surface area contributed by atoms with E-state index in [4.69, 9.17) is 5.73 Å². The van der Waals surface area contributed by atoms with E-state index in [0.29, 0.717) is 0 Å². The summed E-state index contributed by atoms with van der Waals surface area (Å²) in [6.45, 7) is 1.01. The molecule has 6 heteroatoms. The van der Waals surface area contributed by atoms with Crippen LogP contribution in [0.15, 0.2) is 32.7 Å². The average Bonchev–Trinajstić information content (AvgIpc) is 2.62. The Bertz CT molecular complexity index is 596. The number of nitrogen functional groups attached to an aromatic ring is 1. The van der Waals surface area contributed by atoms with Gasteiger partial charge in [-0.2, -0.15) is 0 Å². The molecule has 100 valence electrons. The highest BCUT2D eigenvalue weighted by molar-refractivity contribution is 9.10. The fourth-order valence-electron chi connectivity index (χ4n) is 2.23. The number of hydrogen-bond donors (Lipinski definition) is 1. The molecule has 1 aliphatic heterocycles. The number of halogens is 1. The van der Waals surface area contributed by atoms with Crippen LogP contribution in [0.2, 0.25) is 0 Å². The molecule has 1 aromatic heterocycles. The van der Waals surface area contributed by atoms with Crippen molar-refractivity contribution in [3.63, 3.8) is 0 Å². The lowest BCUT2D eigenvalue weighted by molar-refractivity contribution is 0.591. The van der Waals surface area contributed by atoms with Gasteiger partial charge in [-0.15, -0.1) is 10.2 Å². The number of nitrogens with zero attached hydrogens (tertiary/aromatic N) is 3. The van der Waals surface area contributed by atoms with E-state index >= 15 is 0 Å². The van der Waals surface area contributed by atoms with Gasteiger partial charge in [-0.25, -0.2) is 0 Å². The zero-order valence-electron chi connectivity index (χ0n) is 10.5. The number of fused-ring (bicyclic) bond motifs is 1. The third-order valence-electron chi connectivity index (χ3n) is 3.25. The number of rotatable bonds is 2. The summed E-state index contributed by atoms with van der Waals surface area (Å²) in [4.78, 5) is 1.02. The largest absolute Gasteiger partial charge is 0.398 e. The topological polar surface area (TPSA) is 56.7 Å². The summed E-state index contributed by atoms with van der Waals surface area (Å²) in [6.07, 6.45) is 4.71.